The zero-order valence-corrected chi connectivity index (χ0v) is 15.6. The molecule has 0 radical (unpaired) electrons. The first-order valence-electron chi connectivity index (χ1n) is 9.50. The van der Waals surface area contributed by atoms with Crippen molar-refractivity contribution in [1.29, 1.82) is 0 Å². The van der Waals surface area contributed by atoms with Gasteiger partial charge in [-0.2, -0.15) is 4.68 Å². The number of fused-ring (bicyclic) bond motifs is 3. The summed E-state index contributed by atoms with van der Waals surface area (Å²) < 4.78 is 22.9. The lowest BCUT2D eigenvalue weighted by atomic mass is 9.85. The second-order valence-electron chi connectivity index (χ2n) is 7.11. The number of tetrazole rings is 1. The van der Waals surface area contributed by atoms with Gasteiger partial charge < -0.3 is 10.1 Å². The van der Waals surface area contributed by atoms with E-state index in [2.05, 4.69) is 25.8 Å². The molecule has 30 heavy (non-hydrogen) atoms. The number of nitrogens with zero attached hydrogens (tertiary/aromatic N) is 5. The van der Waals surface area contributed by atoms with Crippen LogP contribution in [0.5, 0.6) is 5.75 Å². The van der Waals surface area contributed by atoms with Gasteiger partial charge >= 0.3 is 0 Å². The first-order valence-corrected chi connectivity index (χ1v) is 9.50. The van der Waals surface area contributed by atoms with Crippen LogP contribution < -0.4 is 10.1 Å². The fourth-order valence-electron chi connectivity index (χ4n) is 4.14. The molecule has 2 aliphatic rings. The standard InChI is InChI=1S/C22H15FN6O/c23-16-9-3-1-7-14(16)21-18-19(15-8-2-4-10-17(15)30-21)25-22-26-27-28-29(22)20(18)13-6-5-11-24-12-13/h1-12,20-21H,(H,25,26,28)/t20-,21+/m0/s1. The Labute approximate surface area is 170 Å². The first kappa shape index (κ1) is 16.8. The smallest absolute Gasteiger partial charge is 0.248 e. The van der Waals surface area contributed by atoms with Gasteiger partial charge in [0.2, 0.25) is 5.95 Å². The highest BCUT2D eigenvalue weighted by atomic mass is 19.1. The Balaban J connectivity index is 1.66. The van der Waals surface area contributed by atoms with E-state index in [1.807, 2.05) is 36.4 Å². The van der Waals surface area contributed by atoms with Gasteiger partial charge in [0.15, 0.2) is 6.10 Å². The third kappa shape index (κ3) is 2.43. The predicted molar refractivity (Wildman–Crippen MR) is 107 cm³/mol. The van der Waals surface area contributed by atoms with Gasteiger partial charge in [0.05, 0.1) is 5.70 Å². The van der Waals surface area contributed by atoms with Crippen LogP contribution in [0.3, 0.4) is 0 Å². The van der Waals surface area contributed by atoms with E-state index in [0.717, 1.165) is 22.4 Å². The lowest BCUT2D eigenvalue weighted by molar-refractivity contribution is 0.217. The monoisotopic (exact) mass is 398 g/mol. The fraction of sp³-hybridized carbons (Fsp3) is 0.0909. The average molecular weight is 398 g/mol. The van der Waals surface area contributed by atoms with Crippen molar-refractivity contribution in [2.45, 2.75) is 12.1 Å². The van der Waals surface area contributed by atoms with E-state index < -0.39 is 12.1 Å². The number of ether oxygens (including phenoxy) is 1. The van der Waals surface area contributed by atoms with Gasteiger partial charge in [-0.15, -0.1) is 0 Å². The minimum absolute atomic E-state index is 0.332. The number of para-hydroxylation sites is 1. The predicted octanol–water partition coefficient (Wildman–Crippen LogP) is 3.77. The molecule has 0 saturated heterocycles. The fourth-order valence-corrected chi connectivity index (χ4v) is 4.14. The molecule has 2 aromatic carbocycles. The zero-order chi connectivity index (χ0) is 20.1. The van der Waals surface area contributed by atoms with E-state index in [-0.39, 0.29) is 5.82 Å². The van der Waals surface area contributed by atoms with E-state index >= 15 is 0 Å². The minimum atomic E-state index is -0.661. The summed E-state index contributed by atoms with van der Waals surface area (Å²) in [6.45, 7) is 0. The highest BCUT2D eigenvalue weighted by Gasteiger charge is 2.42. The molecule has 1 N–H and O–H groups in total. The number of pyridine rings is 1. The Morgan fingerprint density at radius 3 is 2.73 bits per heavy atom. The Morgan fingerprint density at radius 1 is 1.00 bits per heavy atom. The van der Waals surface area contributed by atoms with Crippen molar-refractivity contribution in [3.63, 3.8) is 0 Å². The molecule has 0 amide bonds. The quantitative estimate of drug-likeness (QED) is 0.554. The summed E-state index contributed by atoms with van der Waals surface area (Å²) in [5, 5.41) is 15.5. The van der Waals surface area contributed by atoms with Crippen molar-refractivity contribution in [1.82, 2.24) is 25.2 Å². The lowest BCUT2D eigenvalue weighted by Crippen LogP contribution is -2.32. The molecule has 0 aliphatic carbocycles. The number of anilines is 1. The van der Waals surface area contributed by atoms with Gasteiger partial charge in [0.25, 0.3) is 0 Å². The maximum absolute atomic E-state index is 14.9. The molecule has 0 fully saturated rings. The number of nitrogens with one attached hydrogen (secondary N) is 1. The summed E-state index contributed by atoms with van der Waals surface area (Å²) in [6, 6.07) is 17.8. The third-order valence-electron chi connectivity index (χ3n) is 5.43. The van der Waals surface area contributed by atoms with E-state index in [1.54, 1.807) is 35.3 Å². The van der Waals surface area contributed by atoms with Crippen molar-refractivity contribution in [2.24, 2.45) is 0 Å². The van der Waals surface area contributed by atoms with Crippen LogP contribution in [0.25, 0.3) is 5.70 Å². The van der Waals surface area contributed by atoms with E-state index in [4.69, 9.17) is 4.74 Å². The summed E-state index contributed by atoms with van der Waals surface area (Å²) in [4.78, 5) is 4.27. The van der Waals surface area contributed by atoms with Gasteiger partial charge in [-0.1, -0.05) is 41.5 Å². The minimum Gasteiger partial charge on any atom is -0.480 e. The van der Waals surface area contributed by atoms with Crippen LogP contribution >= 0.6 is 0 Å². The Bertz CT molecular complexity index is 1290. The maximum Gasteiger partial charge on any atom is 0.248 e. The average Bonchev–Trinajstić information content (AvgIpc) is 3.26. The van der Waals surface area contributed by atoms with Crippen LogP contribution in [0.2, 0.25) is 0 Å². The molecule has 0 spiro atoms. The molecular formula is C22H15FN6O. The zero-order valence-electron chi connectivity index (χ0n) is 15.6. The Hall–Kier alpha value is -4.07. The van der Waals surface area contributed by atoms with Gasteiger partial charge in [0, 0.05) is 29.1 Å². The molecule has 6 rings (SSSR count). The summed E-state index contributed by atoms with van der Waals surface area (Å²) >= 11 is 0. The van der Waals surface area contributed by atoms with Crippen LogP contribution in [-0.2, 0) is 0 Å². The van der Waals surface area contributed by atoms with E-state index in [1.165, 1.54) is 6.07 Å². The molecule has 4 heterocycles. The second-order valence-corrected chi connectivity index (χ2v) is 7.11. The van der Waals surface area contributed by atoms with E-state index in [9.17, 15) is 4.39 Å². The Morgan fingerprint density at radius 2 is 1.87 bits per heavy atom. The molecule has 2 aliphatic heterocycles. The summed E-state index contributed by atoms with van der Waals surface area (Å²) in [5.74, 6) is 0.843. The highest BCUT2D eigenvalue weighted by Crippen LogP contribution is 2.50. The van der Waals surface area contributed by atoms with Crippen LogP contribution in [0, 0.1) is 5.82 Å². The van der Waals surface area contributed by atoms with Crippen molar-refractivity contribution in [3.8, 4) is 5.75 Å². The number of hydrogen-bond acceptors (Lipinski definition) is 6. The number of halogens is 1. The second kappa shape index (κ2) is 6.48. The molecule has 2 aromatic heterocycles. The highest BCUT2D eigenvalue weighted by molar-refractivity contribution is 5.85. The molecular weight excluding hydrogens is 383 g/mol. The molecule has 4 aromatic rings. The topological polar surface area (TPSA) is 77.8 Å². The number of rotatable bonds is 2. The summed E-state index contributed by atoms with van der Waals surface area (Å²) in [6.07, 6.45) is 2.82. The summed E-state index contributed by atoms with van der Waals surface area (Å²) in [7, 11) is 0. The molecule has 0 saturated carbocycles. The SMILES string of the molecule is Fc1ccccc1[C@H]1Oc2ccccc2C2=C1[C@H](c1cccnc1)n1nnnc1N2. The summed E-state index contributed by atoms with van der Waals surface area (Å²) in [5.41, 5.74) is 3.85. The van der Waals surface area contributed by atoms with Gasteiger partial charge in [-0.25, -0.2) is 4.39 Å². The lowest BCUT2D eigenvalue weighted by Gasteiger charge is -2.38. The third-order valence-corrected chi connectivity index (χ3v) is 5.43. The normalized spacial score (nSPS) is 19.2. The number of aromatic nitrogens is 5. The number of hydrogen-bond donors (Lipinski definition) is 1. The molecule has 2 atom stereocenters. The van der Waals surface area contributed by atoms with Crippen LogP contribution in [0.1, 0.15) is 28.8 Å². The van der Waals surface area contributed by atoms with Crippen LogP contribution in [0.4, 0.5) is 10.3 Å². The molecule has 0 unspecified atom stereocenters. The van der Waals surface area contributed by atoms with Gasteiger partial charge in [-0.3, -0.25) is 4.98 Å². The van der Waals surface area contributed by atoms with Gasteiger partial charge in [0.1, 0.15) is 17.6 Å². The van der Waals surface area contributed by atoms with Crippen LogP contribution in [0.15, 0.2) is 78.6 Å². The number of benzene rings is 2. The largest absolute Gasteiger partial charge is 0.480 e. The van der Waals surface area contributed by atoms with Crippen LogP contribution in [-0.4, -0.2) is 25.2 Å². The molecule has 146 valence electrons. The maximum atomic E-state index is 14.9. The first-order chi connectivity index (χ1) is 14.8. The molecule has 0 bridgehead atoms. The van der Waals surface area contributed by atoms with E-state index in [0.29, 0.717) is 17.3 Å². The van der Waals surface area contributed by atoms with Gasteiger partial charge in [-0.05, 0) is 40.3 Å². The Kier molecular flexibility index (Phi) is 3.64. The van der Waals surface area contributed by atoms with Crippen molar-refractivity contribution < 1.29 is 9.13 Å². The molecule has 8 heteroatoms. The van der Waals surface area contributed by atoms with Crippen molar-refractivity contribution in [3.05, 3.63) is 101 Å². The van der Waals surface area contributed by atoms with Crippen molar-refractivity contribution >= 4 is 11.6 Å². The molecule has 7 nitrogen and oxygen atoms in total. The van der Waals surface area contributed by atoms with Crippen molar-refractivity contribution in [2.75, 3.05) is 5.32 Å².